The molecule has 1 amide bonds. The van der Waals surface area contributed by atoms with Crippen LogP contribution in [0.3, 0.4) is 0 Å². The zero-order valence-corrected chi connectivity index (χ0v) is 26.0. The second kappa shape index (κ2) is 12.3. The van der Waals surface area contributed by atoms with Crippen LogP contribution in [0, 0.1) is 6.92 Å². The van der Waals surface area contributed by atoms with Gasteiger partial charge >= 0.3 is 0 Å². The molecule has 0 atom stereocenters. The fourth-order valence-corrected chi connectivity index (χ4v) is 7.16. The van der Waals surface area contributed by atoms with E-state index in [9.17, 15) is 19.2 Å². The van der Waals surface area contributed by atoms with Crippen LogP contribution in [0.25, 0.3) is 11.0 Å². The van der Waals surface area contributed by atoms with Gasteiger partial charge in [-0.1, -0.05) is 12.8 Å². The third-order valence-corrected chi connectivity index (χ3v) is 9.99. The van der Waals surface area contributed by atoms with Gasteiger partial charge in [0.1, 0.15) is 11.5 Å². The van der Waals surface area contributed by atoms with Crippen molar-refractivity contribution in [1.82, 2.24) is 24.4 Å². The van der Waals surface area contributed by atoms with Crippen molar-refractivity contribution in [2.45, 2.75) is 77.6 Å². The summed E-state index contributed by atoms with van der Waals surface area (Å²) in [5.74, 6) is 0.832. The smallest absolute Gasteiger partial charge is 0.263 e. The van der Waals surface area contributed by atoms with Crippen LogP contribution in [0.15, 0.2) is 29.3 Å². The van der Waals surface area contributed by atoms with Crippen molar-refractivity contribution in [3.05, 3.63) is 46.0 Å². The normalized spacial score (nSPS) is 16.3. The first-order valence-electron chi connectivity index (χ1n) is 14.9. The quantitative estimate of drug-likeness (QED) is 0.278. The number of fused-ring (bicyclic) bond motifs is 1. The molecule has 3 aromatic rings. The maximum absolute atomic E-state index is 13.4. The predicted molar refractivity (Wildman–Crippen MR) is 166 cm³/mol. The minimum Gasteiger partial charge on any atom is -0.432 e. The minimum absolute atomic E-state index is 0.0176. The molecule has 0 radical (unpaired) electrons. The second-order valence-electron chi connectivity index (χ2n) is 12.2. The number of amides is 1. The molecule has 0 bridgehead atoms. The molecule has 42 heavy (non-hydrogen) atoms. The number of carbonyl (C=O) groups is 2. The van der Waals surface area contributed by atoms with Crippen LogP contribution in [0.4, 0.5) is 17.5 Å². The average Bonchev–Trinajstić information content (AvgIpc) is 3.47. The molecule has 5 rings (SSSR count). The number of anilines is 3. The number of ketones is 1. The van der Waals surface area contributed by atoms with E-state index in [2.05, 4.69) is 20.2 Å². The lowest BCUT2D eigenvalue weighted by Gasteiger charge is -2.36. The fourth-order valence-electron chi connectivity index (χ4n) is 6.11. The van der Waals surface area contributed by atoms with E-state index in [0.717, 1.165) is 56.9 Å². The SMILES string of the molecule is CC(=O)c1c(C)c2cnc(Nc3ccc(N4CCN(C(=O)CCC[Si](C)(C)O)CC4)cn3)nc2n(C2CCCC2)c1=O. The Morgan fingerprint density at radius 2 is 1.79 bits per heavy atom. The topological polar surface area (TPSA) is 134 Å². The standard InChI is InChI=1S/C30H41N7O4Si/c1-20-24-19-32-30(34-28(24)37(22-8-5-6-9-22)29(40)27(20)21(2)38)33-25-12-11-23(18-31-25)35-13-15-36(16-14-35)26(39)10-7-17-42(3,4)41/h11-12,18-19,22,41H,5-10,13-17H2,1-4H3,(H,31,32,33,34). The van der Waals surface area contributed by atoms with Crippen LogP contribution in [-0.4, -0.2) is 75.4 Å². The van der Waals surface area contributed by atoms with E-state index in [0.29, 0.717) is 47.9 Å². The lowest BCUT2D eigenvalue weighted by atomic mass is 10.0. The number of aryl methyl sites for hydroxylation is 1. The van der Waals surface area contributed by atoms with Crippen molar-refractivity contribution >= 4 is 48.5 Å². The summed E-state index contributed by atoms with van der Waals surface area (Å²) in [4.78, 5) is 66.3. The minimum atomic E-state index is -2.11. The number of Topliss-reactive ketones (excluding diaryl/α,β-unsaturated/α-hetero) is 1. The number of pyridine rings is 2. The van der Waals surface area contributed by atoms with Crippen LogP contribution in [0.1, 0.15) is 67.4 Å². The highest BCUT2D eigenvalue weighted by molar-refractivity contribution is 6.69. The molecule has 0 unspecified atom stereocenters. The Labute approximate surface area is 247 Å². The Balaban J connectivity index is 1.27. The first-order valence-corrected chi connectivity index (χ1v) is 18.1. The van der Waals surface area contributed by atoms with Gasteiger partial charge in [0.15, 0.2) is 14.1 Å². The predicted octanol–water partition coefficient (Wildman–Crippen LogP) is 4.18. The van der Waals surface area contributed by atoms with E-state index in [1.54, 1.807) is 23.9 Å². The summed E-state index contributed by atoms with van der Waals surface area (Å²) >= 11 is 0. The molecule has 224 valence electrons. The van der Waals surface area contributed by atoms with Gasteiger partial charge in [-0.05, 0) is 69.9 Å². The monoisotopic (exact) mass is 591 g/mol. The number of nitrogens with one attached hydrogen (secondary N) is 1. The zero-order valence-electron chi connectivity index (χ0n) is 25.0. The average molecular weight is 592 g/mol. The van der Waals surface area contributed by atoms with Crippen molar-refractivity contribution < 1.29 is 14.4 Å². The van der Waals surface area contributed by atoms with Crippen LogP contribution < -0.4 is 15.8 Å². The summed E-state index contributed by atoms with van der Waals surface area (Å²) < 4.78 is 1.70. The van der Waals surface area contributed by atoms with E-state index < -0.39 is 8.32 Å². The molecule has 3 aromatic heterocycles. The van der Waals surface area contributed by atoms with Crippen molar-refractivity contribution in [2.24, 2.45) is 0 Å². The molecule has 1 aliphatic carbocycles. The third-order valence-electron chi connectivity index (χ3n) is 8.41. The molecule has 0 aromatic carbocycles. The van der Waals surface area contributed by atoms with Crippen LogP contribution in [-0.2, 0) is 4.79 Å². The van der Waals surface area contributed by atoms with Crippen LogP contribution in [0.5, 0.6) is 0 Å². The summed E-state index contributed by atoms with van der Waals surface area (Å²) in [6, 6.07) is 4.62. The van der Waals surface area contributed by atoms with Crippen molar-refractivity contribution in [1.29, 1.82) is 0 Å². The Kier molecular flexibility index (Phi) is 8.74. The van der Waals surface area contributed by atoms with Gasteiger partial charge in [-0.2, -0.15) is 4.98 Å². The van der Waals surface area contributed by atoms with Gasteiger partial charge in [0, 0.05) is 50.2 Å². The Morgan fingerprint density at radius 3 is 2.40 bits per heavy atom. The van der Waals surface area contributed by atoms with Gasteiger partial charge in [-0.25, -0.2) is 9.97 Å². The zero-order chi connectivity index (χ0) is 30.0. The molecule has 1 aliphatic heterocycles. The van der Waals surface area contributed by atoms with Gasteiger partial charge in [0.25, 0.3) is 5.56 Å². The molecule has 0 spiro atoms. The Bertz CT molecular complexity index is 1520. The number of nitrogens with zero attached hydrogens (tertiary/aromatic N) is 6. The fraction of sp³-hybridized carbons (Fsp3) is 0.533. The highest BCUT2D eigenvalue weighted by atomic mass is 28.4. The van der Waals surface area contributed by atoms with Gasteiger partial charge in [-0.15, -0.1) is 0 Å². The molecule has 1 saturated heterocycles. The maximum Gasteiger partial charge on any atom is 0.263 e. The lowest BCUT2D eigenvalue weighted by Crippen LogP contribution is -2.48. The second-order valence-corrected chi connectivity index (χ2v) is 16.3. The summed E-state index contributed by atoms with van der Waals surface area (Å²) in [5, 5.41) is 3.88. The van der Waals surface area contributed by atoms with E-state index in [1.165, 1.54) is 6.92 Å². The Hall–Kier alpha value is -3.64. The number of piperazine rings is 1. The highest BCUT2D eigenvalue weighted by Crippen LogP contribution is 2.32. The first kappa shape index (κ1) is 29.8. The Morgan fingerprint density at radius 1 is 1.07 bits per heavy atom. The third kappa shape index (κ3) is 6.54. The van der Waals surface area contributed by atoms with E-state index in [-0.39, 0.29) is 28.9 Å². The van der Waals surface area contributed by atoms with Crippen LogP contribution in [0.2, 0.25) is 19.1 Å². The lowest BCUT2D eigenvalue weighted by molar-refractivity contribution is -0.131. The molecule has 2 N–H and O–H groups in total. The molecular weight excluding hydrogens is 550 g/mol. The maximum atomic E-state index is 13.4. The number of hydrogen-bond donors (Lipinski definition) is 2. The summed E-state index contributed by atoms with van der Waals surface area (Å²) in [7, 11) is -2.11. The molecule has 2 aliphatic rings. The van der Waals surface area contributed by atoms with E-state index in [4.69, 9.17) is 4.98 Å². The molecule has 4 heterocycles. The summed E-state index contributed by atoms with van der Waals surface area (Å²) in [6.45, 7) is 9.82. The largest absolute Gasteiger partial charge is 0.432 e. The highest BCUT2D eigenvalue weighted by Gasteiger charge is 2.26. The first-order chi connectivity index (χ1) is 20.0. The van der Waals surface area contributed by atoms with E-state index >= 15 is 0 Å². The van der Waals surface area contributed by atoms with Gasteiger partial charge in [-0.3, -0.25) is 19.0 Å². The molecular formula is C30H41N7O4Si. The van der Waals surface area contributed by atoms with Crippen molar-refractivity contribution in [3.8, 4) is 0 Å². The van der Waals surface area contributed by atoms with Crippen molar-refractivity contribution in [3.63, 3.8) is 0 Å². The molecule has 11 nitrogen and oxygen atoms in total. The molecule has 2 fully saturated rings. The van der Waals surface area contributed by atoms with Gasteiger partial charge in [0.05, 0.1) is 17.4 Å². The van der Waals surface area contributed by atoms with Gasteiger partial charge in [0.2, 0.25) is 11.9 Å². The summed E-state index contributed by atoms with van der Waals surface area (Å²) in [5.41, 5.74) is 2.07. The van der Waals surface area contributed by atoms with Crippen LogP contribution >= 0.6 is 0 Å². The molecule has 12 heteroatoms. The van der Waals surface area contributed by atoms with Gasteiger partial charge < -0.3 is 19.9 Å². The molecule has 1 saturated carbocycles. The number of rotatable bonds is 9. The number of aromatic nitrogens is 4. The van der Waals surface area contributed by atoms with E-state index in [1.807, 2.05) is 30.1 Å². The summed E-state index contributed by atoms with van der Waals surface area (Å²) in [6.07, 6.45) is 8.57. The number of hydrogen-bond acceptors (Lipinski definition) is 9. The number of carbonyl (C=O) groups excluding carboxylic acids is 2. The van der Waals surface area contributed by atoms with Crippen molar-refractivity contribution in [2.75, 3.05) is 36.4 Å².